The maximum Gasteiger partial charge on any atom is 0.244 e. The Morgan fingerprint density at radius 1 is 1.42 bits per heavy atom. The summed E-state index contributed by atoms with van der Waals surface area (Å²) >= 11 is 1.55. The second-order valence-electron chi connectivity index (χ2n) is 4.43. The molecule has 1 aromatic heterocycles. The van der Waals surface area contributed by atoms with E-state index in [-0.39, 0.29) is 0 Å². The van der Waals surface area contributed by atoms with E-state index in [1.807, 2.05) is 13.8 Å². The molecule has 2 rings (SSSR count). The molecule has 1 fully saturated rings. The zero-order chi connectivity index (χ0) is 13.9. The summed E-state index contributed by atoms with van der Waals surface area (Å²) in [6.07, 6.45) is 0. The molecule has 0 spiro atoms. The monoisotopic (exact) mass is 304 g/mol. The van der Waals surface area contributed by atoms with Crippen molar-refractivity contribution in [2.24, 2.45) is 0 Å². The zero-order valence-corrected chi connectivity index (χ0v) is 12.9. The number of aryl methyl sites for hydroxylation is 1. The molecule has 0 aliphatic carbocycles. The predicted octanol–water partition coefficient (Wildman–Crippen LogP) is 1.19. The first kappa shape index (κ1) is 14.9. The molecule has 0 atom stereocenters. The van der Waals surface area contributed by atoms with Crippen molar-refractivity contribution in [2.45, 2.75) is 25.3 Å². The highest BCUT2D eigenvalue weighted by Gasteiger charge is 2.28. The number of morpholine rings is 1. The molecule has 108 valence electrons. The molecule has 0 radical (unpaired) electrons. The Bertz CT molecular complexity index is 519. The molecule has 1 aliphatic heterocycles. The van der Waals surface area contributed by atoms with Crippen molar-refractivity contribution in [3.63, 3.8) is 0 Å². The summed E-state index contributed by atoms with van der Waals surface area (Å²) in [5, 5.41) is 3.22. The van der Waals surface area contributed by atoms with Gasteiger partial charge in [-0.3, -0.25) is 0 Å². The lowest BCUT2D eigenvalue weighted by Gasteiger charge is -2.25. The second-order valence-corrected chi connectivity index (χ2v) is 7.68. The fraction of sp³-hybridized carbons (Fsp3) is 0.667. The van der Waals surface area contributed by atoms with Gasteiger partial charge in [0.05, 0.1) is 18.1 Å². The Morgan fingerprint density at radius 3 is 2.74 bits per heavy atom. The Labute approximate surface area is 118 Å². The van der Waals surface area contributed by atoms with Gasteiger partial charge in [-0.2, -0.15) is 4.31 Å². The minimum absolute atomic E-state index is 0.445. The third kappa shape index (κ3) is 3.35. The van der Waals surface area contributed by atoms with Gasteiger partial charge in [-0.15, -0.1) is 11.3 Å². The molecule has 1 N–H and O–H groups in total. The summed E-state index contributed by atoms with van der Waals surface area (Å²) in [6, 6.07) is 1.80. The number of hydrogen-bond acceptors (Lipinski definition) is 5. The molecular formula is C12H20N2O3S2. The van der Waals surface area contributed by atoms with Crippen molar-refractivity contribution < 1.29 is 13.2 Å². The lowest BCUT2D eigenvalue weighted by atomic mass is 10.4. The Balaban J connectivity index is 2.21. The SMILES string of the molecule is CCNCc1cc(S(=O)(=O)N2CCOCC2)c(C)s1. The normalized spacial score (nSPS) is 17.8. The molecule has 0 unspecified atom stereocenters. The zero-order valence-electron chi connectivity index (χ0n) is 11.3. The van der Waals surface area contributed by atoms with Crippen LogP contribution in [0.1, 0.15) is 16.7 Å². The quantitative estimate of drug-likeness (QED) is 0.888. The van der Waals surface area contributed by atoms with Crippen LogP contribution in [-0.2, 0) is 21.3 Å². The highest BCUT2D eigenvalue weighted by atomic mass is 32.2. The van der Waals surface area contributed by atoms with E-state index >= 15 is 0 Å². The van der Waals surface area contributed by atoms with E-state index in [2.05, 4.69) is 5.32 Å². The van der Waals surface area contributed by atoms with Crippen molar-refractivity contribution >= 4 is 21.4 Å². The van der Waals surface area contributed by atoms with E-state index < -0.39 is 10.0 Å². The van der Waals surface area contributed by atoms with Crippen molar-refractivity contribution in [1.82, 2.24) is 9.62 Å². The van der Waals surface area contributed by atoms with Crippen LogP contribution in [-0.4, -0.2) is 45.6 Å². The van der Waals surface area contributed by atoms with Crippen molar-refractivity contribution in [3.8, 4) is 0 Å². The maximum absolute atomic E-state index is 12.6. The van der Waals surface area contributed by atoms with E-state index in [9.17, 15) is 8.42 Å². The fourth-order valence-corrected chi connectivity index (χ4v) is 5.02. The van der Waals surface area contributed by atoms with Gasteiger partial charge < -0.3 is 10.1 Å². The number of rotatable bonds is 5. The van der Waals surface area contributed by atoms with Crippen LogP contribution in [0, 0.1) is 6.92 Å². The summed E-state index contributed by atoms with van der Waals surface area (Å²) < 4.78 is 31.8. The van der Waals surface area contributed by atoms with Gasteiger partial charge in [-0.25, -0.2) is 8.42 Å². The number of nitrogens with zero attached hydrogens (tertiary/aromatic N) is 1. The molecule has 1 aromatic rings. The molecule has 0 amide bonds. The van der Waals surface area contributed by atoms with E-state index in [1.165, 1.54) is 4.31 Å². The van der Waals surface area contributed by atoms with Crippen LogP contribution in [0.4, 0.5) is 0 Å². The van der Waals surface area contributed by atoms with Crippen LogP contribution in [0.15, 0.2) is 11.0 Å². The lowest BCUT2D eigenvalue weighted by Crippen LogP contribution is -2.40. The molecule has 19 heavy (non-hydrogen) atoms. The van der Waals surface area contributed by atoms with Crippen LogP contribution in [0.3, 0.4) is 0 Å². The van der Waals surface area contributed by atoms with E-state index in [0.29, 0.717) is 31.2 Å². The van der Waals surface area contributed by atoms with Crippen LogP contribution >= 0.6 is 11.3 Å². The summed E-state index contributed by atoms with van der Waals surface area (Å²) in [5.41, 5.74) is 0. The van der Waals surface area contributed by atoms with Crippen LogP contribution in [0.2, 0.25) is 0 Å². The van der Waals surface area contributed by atoms with Gasteiger partial charge in [-0.1, -0.05) is 6.92 Å². The molecule has 2 heterocycles. The largest absolute Gasteiger partial charge is 0.379 e. The molecule has 1 saturated heterocycles. The number of ether oxygens (including phenoxy) is 1. The number of nitrogens with one attached hydrogen (secondary N) is 1. The first-order valence-electron chi connectivity index (χ1n) is 6.43. The highest BCUT2D eigenvalue weighted by molar-refractivity contribution is 7.89. The molecule has 7 heteroatoms. The van der Waals surface area contributed by atoms with Crippen LogP contribution in [0.25, 0.3) is 0 Å². The molecule has 0 aromatic carbocycles. The minimum atomic E-state index is -3.36. The predicted molar refractivity (Wildman–Crippen MR) is 76.0 cm³/mol. The van der Waals surface area contributed by atoms with Gasteiger partial charge in [0.2, 0.25) is 10.0 Å². The maximum atomic E-state index is 12.6. The van der Waals surface area contributed by atoms with Crippen LogP contribution in [0.5, 0.6) is 0 Å². The van der Waals surface area contributed by atoms with Gasteiger partial charge in [0.25, 0.3) is 0 Å². The van der Waals surface area contributed by atoms with E-state index in [0.717, 1.165) is 22.8 Å². The van der Waals surface area contributed by atoms with Crippen molar-refractivity contribution in [2.75, 3.05) is 32.8 Å². The smallest absolute Gasteiger partial charge is 0.244 e. The van der Waals surface area contributed by atoms with Gasteiger partial charge >= 0.3 is 0 Å². The average Bonchev–Trinajstić information content (AvgIpc) is 2.79. The Kier molecular flexibility index (Phi) is 4.97. The summed E-state index contributed by atoms with van der Waals surface area (Å²) in [4.78, 5) is 2.37. The first-order chi connectivity index (χ1) is 9.05. The number of hydrogen-bond donors (Lipinski definition) is 1. The van der Waals surface area contributed by atoms with Crippen LogP contribution < -0.4 is 5.32 Å². The third-order valence-corrected chi connectivity index (χ3v) is 6.26. The number of thiophene rings is 1. The lowest BCUT2D eigenvalue weighted by molar-refractivity contribution is 0.0730. The van der Waals surface area contributed by atoms with Crippen molar-refractivity contribution in [1.29, 1.82) is 0 Å². The molecule has 1 aliphatic rings. The molecule has 5 nitrogen and oxygen atoms in total. The van der Waals surface area contributed by atoms with Gasteiger partial charge in [0.15, 0.2) is 0 Å². The fourth-order valence-electron chi connectivity index (χ4n) is 2.04. The average molecular weight is 304 g/mol. The van der Waals surface area contributed by atoms with Gasteiger partial charge in [0.1, 0.15) is 0 Å². The molecular weight excluding hydrogens is 284 g/mol. The molecule has 0 bridgehead atoms. The highest BCUT2D eigenvalue weighted by Crippen LogP contribution is 2.28. The van der Waals surface area contributed by atoms with E-state index in [1.54, 1.807) is 17.4 Å². The summed E-state index contributed by atoms with van der Waals surface area (Å²) in [6.45, 7) is 7.35. The second kappa shape index (κ2) is 6.32. The standard InChI is InChI=1S/C12H20N2O3S2/c1-3-13-9-11-8-12(10(2)18-11)19(15,16)14-4-6-17-7-5-14/h8,13H,3-7,9H2,1-2H3. The van der Waals surface area contributed by atoms with Gasteiger partial charge in [-0.05, 0) is 19.5 Å². The number of sulfonamides is 1. The Hall–Kier alpha value is -0.470. The van der Waals surface area contributed by atoms with Crippen molar-refractivity contribution in [3.05, 3.63) is 15.8 Å². The van der Waals surface area contributed by atoms with E-state index in [4.69, 9.17) is 4.74 Å². The van der Waals surface area contributed by atoms with Gasteiger partial charge in [0, 0.05) is 29.4 Å². The topological polar surface area (TPSA) is 58.6 Å². The summed E-state index contributed by atoms with van der Waals surface area (Å²) in [5.74, 6) is 0. The summed E-state index contributed by atoms with van der Waals surface area (Å²) in [7, 11) is -3.36. The third-order valence-electron chi connectivity index (χ3n) is 3.06. The molecule has 0 saturated carbocycles. The minimum Gasteiger partial charge on any atom is -0.379 e. The first-order valence-corrected chi connectivity index (χ1v) is 8.69. The Morgan fingerprint density at radius 2 is 2.11 bits per heavy atom.